The number of sulfonamides is 1. The molecule has 17 heteroatoms. The maximum Gasteiger partial charge on any atom is 0.407 e. The summed E-state index contributed by atoms with van der Waals surface area (Å²) >= 11 is 0. The zero-order chi connectivity index (χ0) is 42.4. The van der Waals surface area contributed by atoms with Gasteiger partial charge in [0.1, 0.15) is 17.6 Å². The monoisotopic (exact) mass is 859 g/mol. The number of rotatable bonds is 23. The molecule has 0 bridgehead atoms. The van der Waals surface area contributed by atoms with Crippen molar-refractivity contribution in [1.82, 2.24) is 14.9 Å². The van der Waals surface area contributed by atoms with Gasteiger partial charge in [-0.1, -0.05) is 56.3 Å². The lowest BCUT2D eigenvalue weighted by Gasteiger charge is -2.31. The predicted molar refractivity (Wildman–Crippen MR) is 221 cm³/mol. The molecule has 0 saturated carbocycles. The number of carbonyl (C=O) groups excluding carboxylic acids is 2. The van der Waals surface area contributed by atoms with Crippen molar-refractivity contribution in [2.24, 2.45) is 11.8 Å². The maximum atomic E-state index is 13.9. The molecule has 2 fully saturated rings. The molecule has 0 spiro atoms. The standard InChI is InChI=1S/C42H58N3O12PS/c1-6-52-40(47)30(4)56-58(57-34-10-8-7-9-11-34)23-21-43-25-32-14-12-31(13-15-32)24-37(44-42(48)55-39-28-54-41-36(39)20-22-53-41)38(46)27-45(26-29(2)3)59(49,50)35-18-16-33(51-5)17-19-35/h7-19,29-30,36-39,41,43,46H,6,20-28H2,1-5H3,(H,44,48)/t30-,36+,37+,38-,39+,41-,58?/m1/s1. The zero-order valence-corrected chi connectivity index (χ0v) is 36.1. The predicted octanol–water partition coefficient (Wildman–Crippen LogP) is 5.25. The van der Waals surface area contributed by atoms with E-state index in [1.165, 1.54) is 23.5 Å². The number of carbonyl (C=O) groups is 2. The summed E-state index contributed by atoms with van der Waals surface area (Å²) in [6, 6.07) is 22.2. The Kier molecular flexibility index (Phi) is 17.7. The Labute approximate surface area is 348 Å². The first kappa shape index (κ1) is 46.2. The van der Waals surface area contributed by atoms with Crippen molar-refractivity contribution in [2.45, 2.75) is 82.6 Å². The van der Waals surface area contributed by atoms with Crippen molar-refractivity contribution in [1.29, 1.82) is 0 Å². The molecule has 2 saturated heterocycles. The molecule has 1 amide bonds. The first-order valence-corrected chi connectivity index (χ1v) is 22.8. The Balaban J connectivity index is 1.24. The number of ether oxygens (including phenoxy) is 5. The van der Waals surface area contributed by atoms with E-state index in [2.05, 4.69) is 10.6 Å². The largest absolute Gasteiger partial charge is 0.497 e. The number of esters is 1. The first-order chi connectivity index (χ1) is 28.4. The van der Waals surface area contributed by atoms with Crippen molar-refractivity contribution >= 4 is 30.5 Å². The van der Waals surface area contributed by atoms with Crippen LogP contribution in [0.25, 0.3) is 0 Å². The summed E-state index contributed by atoms with van der Waals surface area (Å²) < 4.78 is 68.5. The van der Waals surface area contributed by atoms with Crippen LogP contribution < -0.4 is 19.9 Å². The van der Waals surface area contributed by atoms with Gasteiger partial charge in [-0.2, -0.15) is 4.31 Å². The van der Waals surface area contributed by atoms with Gasteiger partial charge in [0.05, 0.1) is 49.9 Å². The molecule has 0 aromatic heterocycles. The number of aliphatic hydroxyl groups excluding tert-OH is 1. The lowest BCUT2D eigenvalue weighted by atomic mass is 10.00. The van der Waals surface area contributed by atoms with E-state index in [0.29, 0.717) is 43.8 Å². The highest BCUT2D eigenvalue weighted by Crippen LogP contribution is 2.40. The molecule has 7 atom stereocenters. The van der Waals surface area contributed by atoms with Crippen molar-refractivity contribution in [3.8, 4) is 11.5 Å². The van der Waals surface area contributed by atoms with Gasteiger partial charge in [0.25, 0.3) is 0 Å². The smallest absolute Gasteiger partial charge is 0.407 e. The van der Waals surface area contributed by atoms with Crippen LogP contribution in [-0.2, 0) is 51.3 Å². The van der Waals surface area contributed by atoms with Crippen LogP contribution in [0.4, 0.5) is 4.79 Å². The summed E-state index contributed by atoms with van der Waals surface area (Å²) in [5.41, 5.74) is 1.79. The number of nitrogens with zero attached hydrogens (tertiary/aromatic N) is 1. The van der Waals surface area contributed by atoms with Gasteiger partial charge < -0.3 is 48.5 Å². The number of alkyl carbamates (subject to hydrolysis) is 1. The van der Waals surface area contributed by atoms with Crippen molar-refractivity contribution < 1.29 is 55.8 Å². The first-order valence-electron chi connectivity index (χ1n) is 20.0. The van der Waals surface area contributed by atoms with Crippen molar-refractivity contribution in [3.05, 3.63) is 90.0 Å². The van der Waals surface area contributed by atoms with Gasteiger partial charge in [-0.15, -0.1) is 0 Å². The Bertz CT molecular complexity index is 1860. The van der Waals surface area contributed by atoms with E-state index in [-0.39, 0.29) is 49.5 Å². The molecule has 324 valence electrons. The second-order valence-corrected chi connectivity index (χ2v) is 18.3. The summed E-state index contributed by atoms with van der Waals surface area (Å²) in [7, 11) is -3.99. The van der Waals surface area contributed by atoms with Crippen molar-refractivity contribution in [2.75, 3.05) is 52.7 Å². The lowest BCUT2D eigenvalue weighted by molar-refractivity contribution is -0.150. The molecule has 5 rings (SSSR count). The van der Waals surface area contributed by atoms with Crippen LogP contribution in [0.15, 0.2) is 83.8 Å². The maximum absolute atomic E-state index is 13.9. The second kappa shape index (κ2) is 22.7. The molecule has 2 aliphatic heterocycles. The molecular formula is C42H58N3O12PS. The van der Waals surface area contributed by atoms with E-state index < -0.39 is 61.1 Å². The van der Waals surface area contributed by atoms with Crippen molar-refractivity contribution in [3.63, 3.8) is 0 Å². The number of aliphatic hydroxyl groups is 1. The van der Waals surface area contributed by atoms with E-state index in [1.807, 2.05) is 68.4 Å². The Morgan fingerprint density at radius 2 is 1.66 bits per heavy atom. The number of para-hydroxylation sites is 1. The minimum absolute atomic E-state index is 0.0549. The van der Waals surface area contributed by atoms with Crippen LogP contribution >= 0.6 is 8.38 Å². The highest BCUT2D eigenvalue weighted by molar-refractivity contribution is 7.89. The summed E-state index contributed by atoms with van der Waals surface area (Å²) in [5, 5.41) is 18.0. The molecule has 3 N–H and O–H groups in total. The number of fused-ring (bicyclic) bond motifs is 1. The zero-order valence-electron chi connectivity index (χ0n) is 34.4. The van der Waals surface area contributed by atoms with Crippen LogP contribution in [0, 0.1) is 11.8 Å². The fraction of sp³-hybridized carbons (Fsp3) is 0.524. The SMILES string of the molecule is CCOC(=O)[C@@H](C)OP(CCNCc1ccc(C[C@H](NC(=O)O[C@H]2CO[C@H]3OCC[C@H]32)[C@H](O)CN(CC(C)C)S(=O)(=O)c2ccc(OC)cc2)cc1)Oc1ccccc1. The fourth-order valence-electron chi connectivity index (χ4n) is 6.71. The van der Waals surface area contributed by atoms with Crippen LogP contribution in [0.2, 0.25) is 0 Å². The summed E-state index contributed by atoms with van der Waals surface area (Å²) in [6.45, 7) is 9.11. The van der Waals surface area contributed by atoms with E-state index in [0.717, 1.165) is 11.1 Å². The van der Waals surface area contributed by atoms with Gasteiger partial charge in [0.2, 0.25) is 18.4 Å². The van der Waals surface area contributed by atoms with Gasteiger partial charge in [-0.3, -0.25) is 0 Å². The van der Waals surface area contributed by atoms with E-state index >= 15 is 0 Å². The Hall–Kier alpha value is -3.86. The van der Waals surface area contributed by atoms with Crippen LogP contribution in [-0.4, -0.2) is 113 Å². The molecule has 2 aliphatic rings. The molecule has 2 heterocycles. The average Bonchev–Trinajstić information content (AvgIpc) is 3.85. The third-order valence-electron chi connectivity index (χ3n) is 9.79. The number of hydrogen-bond donors (Lipinski definition) is 3. The highest BCUT2D eigenvalue weighted by Gasteiger charge is 2.44. The normalized spacial score (nSPS) is 19.8. The average molecular weight is 860 g/mol. The second-order valence-electron chi connectivity index (χ2n) is 14.8. The molecule has 15 nitrogen and oxygen atoms in total. The summed E-state index contributed by atoms with van der Waals surface area (Å²) in [5.74, 6) is 0.583. The number of benzene rings is 3. The highest BCUT2D eigenvalue weighted by atomic mass is 32.2. The third kappa shape index (κ3) is 13.8. The van der Waals surface area contributed by atoms with Gasteiger partial charge in [-0.25, -0.2) is 18.0 Å². The minimum Gasteiger partial charge on any atom is -0.497 e. The summed E-state index contributed by atoms with van der Waals surface area (Å²) in [6.07, 6.45) is -2.33. The fourth-order valence-corrected chi connectivity index (χ4v) is 9.71. The molecule has 0 radical (unpaired) electrons. The van der Waals surface area contributed by atoms with E-state index in [1.54, 1.807) is 26.0 Å². The van der Waals surface area contributed by atoms with E-state index in [4.69, 9.17) is 32.7 Å². The molecular weight excluding hydrogens is 802 g/mol. The number of methoxy groups -OCH3 is 1. The number of hydrogen-bond acceptors (Lipinski definition) is 13. The molecule has 3 aromatic rings. The molecule has 59 heavy (non-hydrogen) atoms. The minimum atomic E-state index is -4.03. The van der Waals surface area contributed by atoms with Gasteiger partial charge in [0.15, 0.2) is 12.4 Å². The molecule has 3 aromatic carbocycles. The van der Waals surface area contributed by atoms with Gasteiger partial charge in [-0.05, 0) is 80.1 Å². The number of nitrogens with one attached hydrogen (secondary N) is 2. The summed E-state index contributed by atoms with van der Waals surface area (Å²) in [4.78, 5) is 25.7. The van der Waals surface area contributed by atoms with Crippen LogP contribution in [0.5, 0.6) is 11.5 Å². The lowest BCUT2D eigenvalue weighted by Crippen LogP contribution is -2.51. The van der Waals surface area contributed by atoms with E-state index in [9.17, 15) is 23.1 Å². The number of amides is 1. The molecule has 0 aliphatic carbocycles. The topological polar surface area (TPSA) is 180 Å². The van der Waals surface area contributed by atoms with Gasteiger partial charge in [0, 0.05) is 32.3 Å². The quantitative estimate of drug-likeness (QED) is 0.0640. The Morgan fingerprint density at radius 3 is 2.34 bits per heavy atom. The van der Waals surface area contributed by atoms with Crippen LogP contribution in [0.3, 0.4) is 0 Å². The third-order valence-corrected chi connectivity index (χ3v) is 13.2. The van der Waals surface area contributed by atoms with Gasteiger partial charge >= 0.3 is 12.1 Å². The molecule has 1 unspecified atom stereocenters. The van der Waals surface area contributed by atoms with Crippen LogP contribution in [0.1, 0.15) is 45.2 Å². The Morgan fingerprint density at radius 1 is 0.949 bits per heavy atom.